The van der Waals surface area contributed by atoms with Gasteiger partial charge in [0.2, 0.25) is 5.95 Å². The Balaban J connectivity index is 1.10. The second kappa shape index (κ2) is 7.18. The van der Waals surface area contributed by atoms with E-state index < -0.39 is 23.5 Å². The van der Waals surface area contributed by atoms with Crippen LogP contribution < -0.4 is 10.2 Å². The summed E-state index contributed by atoms with van der Waals surface area (Å²) in [5.41, 5.74) is 0.709. The molecule has 1 N–H and O–H groups in total. The Morgan fingerprint density at radius 3 is 2.80 bits per heavy atom. The van der Waals surface area contributed by atoms with Crippen molar-refractivity contribution in [3.05, 3.63) is 52.7 Å². The maximum Gasteiger partial charge on any atom is 0.416 e. The number of hydrogen-bond acceptors (Lipinski definition) is 6. The predicted octanol–water partition coefficient (Wildman–Crippen LogP) is 5.06. The quantitative estimate of drug-likeness (QED) is 0.503. The molecule has 5 atom stereocenters. The van der Waals surface area contributed by atoms with Crippen LogP contribution in [0.15, 0.2) is 24.3 Å². The highest BCUT2D eigenvalue weighted by molar-refractivity contribution is 7.10. The van der Waals surface area contributed by atoms with Crippen molar-refractivity contribution in [1.82, 2.24) is 19.1 Å². The fourth-order valence-electron chi connectivity index (χ4n) is 6.74. The van der Waals surface area contributed by atoms with E-state index in [0.717, 1.165) is 31.3 Å². The molecule has 184 valence electrons. The fourth-order valence-corrected chi connectivity index (χ4v) is 7.51. The lowest BCUT2D eigenvalue weighted by molar-refractivity contribution is -0.137. The van der Waals surface area contributed by atoms with Gasteiger partial charge in [-0.2, -0.15) is 22.5 Å². The first-order valence-electron chi connectivity index (χ1n) is 12.0. The van der Waals surface area contributed by atoms with Crippen molar-refractivity contribution in [2.45, 2.75) is 50.9 Å². The van der Waals surface area contributed by atoms with Crippen molar-refractivity contribution in [3.63, 3.8) is 0 Å². The molecule has 0 radical (unpaired) electrons. The maximum atomic E-state index is 14.7. The molecule has 11 heteroatoms. The molecule has 1 spiro atoms. The van der Waals surface area contributed by atoms with Gasteiger partial charge in [-0.1, -0.05) is 6.07 Å². The number of aryl methyl sites for hydroxylation is 2. The van der Waals surface area contributed by atoms with Gasteiger partial charge >= 0.3 is 6.18 Å². The van der Waals surface area contributed by atoms with Crippen LogP contribution in [0.1, 0.15) is 47.8 Å². The first-order valence-corrected chi connectivity index (χ1v) is 12.8. The summed E-state index contributed by atoms with van der Waals surface area (Å²) in [5.74, 6) is 1.03. The normalized spacial score (nSPS) is 30.9. The smallest absolute Gasteiger partial charge is 0.361 e. The summed E-state index contributed by atoms with van der Waals surface area (Å²) in [6.45, 7) is 4.75. The number of aromatic nitrogens is 4. The first-order chi connectivity index (χ1) is 16.7. The van der Waals surface area contributed by atoms with Crippen molar-refractivity contribution in [3.8, 4) is 0 Å². The number of hydrogen-bond donors (Lipinski definition) is 1. The Kier molecular flexibility index (Phi) is 4.43. The summed E-state index contributed by atoms with van der Waals surface area (Å²) >= 11 is 1.56. The van der Waals surface area contributed by atoms with Crippen molar-refractivity contribution in [2.24, 2.45) is 17.3 Å². The first kappa shape index (κ1) is 21.6. The van der Waals surface area contributed by atoms with Crippen LogP contribution in [0, 0.1) is 30.0 Å². The minimum absolute atomic E-state index is 0.244. The summed E-state index contributed by atoms with van der Waals surface area (Å²) in [6.07, 6.45) is -1.97. The predicted molar refractivity (Wildman–Crippen MR) is 123 cm³/mol. The van der Waals surface area contributed by atoms with E-state index in [4.69, 9.17) is 4.98 Å². The Morgan fingerprint density at radius 1 is 1.20 bits per heavy atom. The second-order valence-electron chi connectivity index (χ2n) is 10.5. The van der Waals surface area contributed by atoms with Gasteiger partial charge < -0.3 is 10.2 Å². The van der Waals surface area contributed by atoms with E-state index in [9.17, 15) is 17.6 Å². The van der Waals surface area contributed by atoms with Gasteiger partial charge in [0.1, 0.15) is 16.6 Å². The van der Waals surface area contributed by atoms with Gasteiger partial charge in [-0.05, 0) is 72.8 Å². The highest BCUT2D eigenvalue weighted by atomic mass is 32.1. The van der Waals surface area contributed by atoms with Crippen LogP contribution in [0.2, 0.25) is 0 Å². The van der Waals surface area contributed by atoms with Gasteiger partial charge in [0, 0.05) is 37.5 Å². The van der Waals surface area contributed by atoms with Gasteiger partial charge in [-0.3, -0.25) is 0 Å². The van der Waals surface area contributed by atoms with Gasteiger partial charge in [-0.25, -0.2) is 9.07 Å². The number of halogens is 4. The number of alkyl halides is 3. The monoisotopic (exact) mass is 504 g/mol. The van der Waals surface area contributed by atoms with Crippen LogP contribution in [0.3, 0.4) is 0 Å². The largest absolute Gasteiger partial charge is 0.416 e. The topological polar surface area (TPSA) is 58.9 Å². The molecule has 3 fully saturated rings. The number of nitrogens with zero attached hydrogens (tertiary/aromatic N) is 5. The van der Waals surface area contributed by atoms with E-state index in [-0.39, 0.29) is 5.56 Å². The summed E-state index contributed by atoms with van der Waals surface area (Å²) in [7, 11) is 0. The van der Waals surface area contributed by atoms with Gasteiger partial charge in [0.25, 0.3) is 0 Å². The van der Waals surface area contributed by atoms with Crippen molar-refractivity contribution in [2.75, 3.05) is 23.3 Å². The van der Waals surface area contributed by atoms with Crippen LogP contribution >= 0.6 is 11.5 Å². The zero-order valence-corrected chi connectivity index (χ0v) is 19.8. The average molecular weight is 505 g/mol. The van der Waals surface area contributed by atoms with Crippen LogP contribution in [0.25, 0.3) is 0 Å². The average Bonchev–Trinajstić information content (AvgIpc) is 3.14. The molecule has 6 nitrogen and oxygen atoms in total. The molecule has 1 aromatic carbocycles. The van der Waals surface area contributed by atoms with Crippen LogP contribution in [-0.2, 0) is 12.7 Å². The molecule has 2 saturated carbocycles. The lowest BCUT2D eigenvalue weighted by Gasteiger charge is -2.38. The highest BCUT2D eigenvalue weighted by Crippen LogP contribution is 2.74. The summed E-state index contributed by atoms with van der Waals surface area (Å²) in [4.78, 5) is 7.17. The van der Waals surface area contributed by atoms with E-state index in [1.165, 1.54) is 17.5 Å². The minimum Gasteiger partial charge on any atom is -0.361 e. The summed E-state index contributed by atoms with van der Waals surface area (Å²) in [6, 6.07) is 5.24. The third-order valence-corrected chi connectivity index (χ3v) is 9.43. The molecule has 35 heavy (non-hydrogen) atoms. The highest BCUT2D eigenvalue weighted by Gasteiger charge is 2.76. The molecular formula is C24H24F4N6S. The number of rotatable bonds is 4. The molecule has 4 heterocycles. The Bertz CT molecular complexity index is 1320. The van der Waals surface area contributed by atoms with Crippen molar-refractivity contribution >= 4 is 22.5 Å². The molecule has 2 aliphatic carbocycles. The van der Waals surface area contributed by atoms with Crippen LogP contribution in [-0.4, -0.2) is 38.3 Å². The molecule has 0 bridgehead atoms. The lowest BCUT2D eigenvalue weighted by Crippen LogP contribution is -2.47. The van der Waals surface area contributed by atoms with Gasteiger partial charge in [0.15, 0.2) is 0 Å². The number of benzene rings is 1. The zero-order chi connectivity index (χ0) is 24.1. The van der Waals surface area contributed by atoms with E-state index in [0.29, 0.717) is 54.1 Å². The third kappa shape index (κ3) is 3.23. The molecule has 7 rings (SSSR count). The summed E-state index contributed by atoms with van der Waals surface area (Å²) < 4.78 is 59.9. The molecule has 0 amide bonds. The van der Waals surface area contributed by atoms with Crippen LogP contribution in [0.4, 0.5) is 28.5 Å². The van der Waals surface area contributed by atoms with Crippen LogP contribution in [0.5, 0.6) is 0 Å². The molecule has 4 aliphatic rings. The van der Waals surface area contributed by atoms with E-state index in [1.54, 1.807) is 16.2 Å². The van der Waals surface area contributed by atoms with Gasteiger partial charge in [-0.15, -0.1) is 5.10 Å². The Labute approximate surface area is 203 Å². The third-order valence-electron chi connectivity index (χ3n) is 8.49. The molecular weight excluding hydrogens is 480 g/mol. The molecule has 3 aromatic rings. The standard InChI is InChI=1S/C24H24F4N6S/c1-12-7-19(35-32-12)33-10-17-20(16-9-23(16,17)11-33)29-22-30-21-15(3-2-6-34(21)31-22)14-5-4-13(8-18(14)25)24(26,27)28/h4-5,7-8,15-17,20H,2-3,6,9-11H2,1H3,(H,29,31)/t15?,16-,17-,20+,23?/m0/s1. The summed E-state index contributed by atoms with van der Waals surface area (Å²) in [5, 5.41) is 9.44. The Morgan fingerprint density at radius 2 is 2.06 bits per heavy atom. The lowest BCUT2D eigenvalue weighted by atomic mass is 9.71. The van der Waals surface area contributed by atoms with Crippen molar-refractivity contribution < 1.29 is 17.6 Å². The fraction of sp³-hybridized carbons (Fsp3) is 0.542. The molecule has 1 saturated heterocycles. The zero-order valence-electron chi connectivity index (χ0n) is 19.0. The van der Waals surface area contributed by atoms with Crippen molar-refractivity contribution in [1.29, 1.82) is 0 Å². The number of anilines is 2. The molecule has 2 aliphatic heterocycles. The SMILES string of the molecule is Cc1cc(N2C[C@H]3[C@H](Nc4nc5n(n4)CCCC5c4ccc(C(F)(F)F)cc4F)[C@@H]4CC34C2)sn1. The number of fused-ring (bicyclic) bond motifs is 1. The number of nitrogens with one attached hydrogen (secondary N) is 1. The Hall–Kier alpha value is -2.69. The maximum absolute atomic E-state index is 14.7. The van der Waals surface area contributed by atoms with E-state index >= 15 is 0 Å². The minimum atomic E-state index is -4.57. The van der Waals surface area contributed by atoms with E-state index in [2.05, 4.69) is 25.8 Å². The molecule has 2 aromatic heterocycles. The molecule has 2 unspecified atom stereocenters. The van der Waals surface area contributed by atoms with E-state index in [1.807, 2.05) is 6.92 Å². The van der Waals surface area contributed by atoms with Gasteiger partial charge in [0.05, 0.1) is 11.3 Å². The second-order valence-corrected chi connectivity index (χ2v) is 11.2.